The summed E-state index contributed by atoms with van der Waals surface area (Å²) in [6.45, 7) is 0.948. The number of primary amides is 1. The van der Waals surface area contributed by atoms with E-state index in [9.17, 15) is 18.0 Å². The number of methoxy groups -OCH3 is 1. The number of nitrogens with zero attached hydrogens (tertiary/aromatic N) is 2. The molecule has 1 aromatic carbocycles. The number of benzene rings is 1. The second kappa shape index (κ2) is 9.06. The maximum atomic E-state index is 13.0. The van der Waals surface area contributed by atoms with Gasteiger partial charge in [0.2, 0.25) is 10.0 Å². The number of sulfonamides is 1. The minimum Gasteiger partial charge on any atom is -0.495 e. The molecule has 10 nitrogen and oxygen atoms in total. The number of thioether (sulfide) groups is 1. The number of ether oxygens (including phenoxy) is 1. The summed E-state index contributed by atoms with van der Waals surface area (Å²) in [5.74, 6) is -0.819. The molecule has 0 unspecified atom stereocenters. The van der Waals surface area contributed by atoms with Crippen LogP contribution >= 0.6 is 11.8 Å². The van der Waals surface area contributed by atoms with Gasteiger partial charge < -0.3 is 20.8 Å². The molecule has 0 saturated carbocycles. The molecule has 1 aliphatic rings. The van der Waals surface area contributed by atoms with Gasteiger partial charge in [-0.25, -0.2) is 13.4 Å². The van der Waals surface area contributed by atoms with Crippen LogP contribution in [0.15, 0.2) is 33.0 Å². The molecule has 0 atom stereocenters. The predicted octanol–water partition coefficient (Wildman–Crippen LogP) is 1.52. The highest BCUT2D eigenvalue weighted by molar-refractivity contribution is 7.98. The van der Waals surface area contributed by atoms with Crippen LogP contribution in [0.4, 0.5) is 11.5 Å². The lowest BCUT2D eigenvalue weighted by atomic mass is 10.2. The van der Waals surface area contributed by atoms with Gasteiger partial charge in [-0.15, -0.1) is 0 Å². The Morgan fingerprint density at radius 1 is 1.30 bits per heavy atom. The van der Waals surface area contributed by atoms with E-state index in [0.29, 0.717) is 23.9 Å². The average Bonchev–Trinajstić information content (AvgIpc) is 2.73. The molecule has 1 aromatic heterocycles. The van der Waals surface area contributed by atoms with Gasteiger partial charge in [0, 0.05) is 24.8 Å². The highest BCUT2D eigenvalue weighted by atomic mass is 32.2. The Morgan fingerprint density at radius 2 is 2.00 bits per heavy atom. The summed E-state index contributed by atoms with van der Waals surface area (Å²) in [5.41, 5.74) is 4.72. The third-order valence-corrected chi connectivity index (χ3v) is 7.21. The number of hydrogen-bond donors (Lipinski definition) is 3. The van der Waals surface area contributed by atoms with Crippen LogP contribution in [-0.4, -0.2) is 55.1 Å². The van der Waals surface area contributed by atoms with Gasteiger partial charge in [-0.1, -0.05) is 18.2 Å². The van der Waals surface area contributed by atoms with E-state index in [0.717, 1.165) is 19.3 Å². The molecule has 2 aromatic rings. The monoisotopic (exact) mass is 453 g/mol. The highest BCUT2D eigenvalue weighted by Crippen LogP contribution is 2.32. The van der Waals surface area contributed by atoms with Crippen LogP contribution < -0.4 is 21.3 Å². The molecule has 1 aliphatic heterocycles. The fraction of sp³-hybridized carbons (Fsp3) is 0.389. The molecular weight excluding hydrogens is 430 g/mol. The fourth-order valence-electron chi connectivity index (χ4n) is 3.21. The fourth-order valence-corrected chi connectivity index (χ4v) is 5.24. The predicted molar refractivity (Wildman–Crippen MR) is 114 cm³/mol. The minimum atomic E-state index is -3.70. The molecule has 2 heterocycles. The number of hydrogen-bond acceptors (Lipinski definition) is 8. The summed E-state index contributed by atoms with van der Waals surface area (Å²) in [5, 5.41) is 3.16. The third-order valence-electron chi connectivity index (χ3n) is 4.70. The smallest absolute Gasteiger partial charge is 0.266 e. The first-order valence-corrected chi connectivity index (χ1v) is 11.9. The summed E-state index contributed by atoms with van der Waals surface area (Å²) in [6.07, 6.45) is 4.37. The van der Waals surface area contributed by atoms with E-state index in [4.69, 9.17) is 10.5 Å². The molecule has 1 amide bonds. The first-order chi connectivity index (χ1) is 14.3. The van der Waals surface area contributed by atoms with Gasteiger partial charge in [0.15, 0.2) is 11.0 Å². The Kier molecular flexibility index (Phi) is 6.68. The van der Waals surface area contributed by atoms with Crippen LogP contribution in [0, 0.1) is 0 Å². The Balaban J connectivity index is 1.99. The minimum absolute atomic E-state index is 0.0238. The molecule has 0 bridgehead atoms. The van der Waals surface area contributed by atoms with E-state index in [1.165, 1.54) is 41.4 Å². The lowest BCUT2D eigenvalue weighted by molar-refractivity contribution is 0.0999. The van der Waals surface area contributed by atoms with Crippen LogP contribution in [0.3, 0.4) is 0 Å². The number of nitrogens with two attached hydrogens (primary N) is 1. The zero-order chi connectivity index (χ0) is 21.9. The largest absolute Gasteiger partial charge is 0.495 e. The van der Waals surface area contributed by atoms with E-state index < -0.39 is 21.5 Å². The van der Waals surface area contributed by atoms with Gasteiger partial charge in [-0.3, -0.25) is 9.59 Å². The number of aromatic amines is 1. The SMILES string of the molecule is COc1cc(Nc2nc(SC)[nH]c(=O)c2C(N)=O)ccc1S(=O)(=O)N1CCCCC1. The molecule has 1 fully saturated rings. The average molecular weight is 454 g/mol. The molecule has 0 radical (unpaired) electrons. The van der Waals surface area contributed by atoms with Crippen LogP contribution in [0.5, 0.6) is 5.75 Å². The zero-order valence-electron chi connectivity index (χ0n) is 16.6. The number of H-pyrrole nitrogens is 1. The molecule has 1 saturated heterocycles. The molecule has 12 heteroatoms. The number of rotatable bonds is 7. The van der Waals surface area contributed by atoms with Crippen LogP contribution in [0.1, 0.15) is 29.6 Å². The van der Waals surface area contributed by atoms with Crippen molar-refractivity contribution in [1.82, 2.24) is 14.3 Å². The van der Waals surface area contributed by atoms with Crippen molar-refractivity contribution in [2.75, 3.05) is 31.8 Å². The first kappa shape index (κ1) is 22.1. The second-order valence-electron chi connectivity index (χ2n) is 6.62. The molecular formula is C18H23N5O5S2. The van der Waals surface area contributed by atoms with E-state index >= 15 is 0 Å². The van der Waals surface area contributed by atoms with Crippen molar-refractivity contribution in [3.8, 4) is 5.75 Å². The van der Waals surface area contributed by atoms with Crippen LogP contribution in [-0.2, 0) is 10.0 Å². The van der Waals surface area contributed by atoms with Gasteiger partial charge in [0.25, 0.3) is 11.5 Å². The van der Waals surface area contributed by atoms with Crippen molar-refractivity contribution >= 4 is 39.2 Å². The summed E-state index contributed by atoms with van der Waals surface area (Å²) in [7, 11) is -2.33. The normalized spacial score (nSPS) is 15.0. The van der Waals surface area contributed by atoms with E-state index in [2.05, 4.69) is 15.3 Å². The maximum Gasteiger partial charge on any atom is 0.266 e. The van der Waals surface area contributed by atoms with Crippen molar-refractivity contribution in [2.45, 2.75) is 29.3 Å². The van der Waals surface area contributed by atoms with Gasteiger partial charge >= 0.3 is 0 Å². The Bertz CT molecular complexity index is 1110. The molecule has 0 spiro atoms. The first-order valence-electron chi connectivity index (χ1n) is 9.21. The number of carbonyl (C=O) groups excluding carboxylic acids is 1. The molecule has 3 rings (SSSR count). The number of aromatic nitrogens is 2. The Morgan fingerprint density at radius 3 is 2.60 bits per heavy atom. The van der Waals surface area contributed by atoms with E-state index in [1.807, 2.05) is 0 Å². The van der Waals surface area contributed by atoms with Crippen molar-refractivity contribution < 1.29 is 17.9 Å². The van der Waals surface area contributed by atoms with Crippen molar-refractivity contribution in [3.63, 3.8) is 0 Å². The second-order valence-corrected chi connectivity index (χ2v) is 9.32. The van der Waals surface area contributed by atoms with Crippen LogP contribution in [0.25, 0.3) is 0 Å². The van der Waals surface area contributed by atoms with Crippen molar-refractivity contribution in [3.05, 3.63) is 34.1 Å². The Labute approximate surface area is 178 Å². The van der Waals surface area contributed by atoms with Crippen molar-refractivity contribution in [1.29, 1.82) is 0 Å². The van der Waals surface area contributed by atoms with E-state index in [1.54, 1.807) is 6.26 Å². The number of nitrogens with one attached hydrogen (secondary N) is 2. The molecule has 0 aliphatic carbocycles. The topological polar surface area (TPSA) is 147 Å². The number of anilines is 2. The van der Waals surface area contributed by atoms with Gasteiger partial charge in [0.05, 0.1) is 7.11 Å². The zero-order valence-corrected chi connectivity index (χ0v) is 18.2. The van der Waals surface area contributed by atoms with Gasteiger partial charge in [-0.2, -0.15) is 4.31 Å². The molecule has 30 heavy (non-hydrogen) atoms. The van der Waals surface area contributed by atoms with Gasteiger partial charge in [-0.05, 0) is 31.2 Å². The lowest BCUT2D eigenvalue weighted by Gasteiger charge is -2.26. The molecule has 162 valence electrons. The maximum absolute atomic E-state index is 13.0. The highest BCUT2D eigenvalue weighted by Gasteiger charge is 2.29. The number of amides is 1. The number of carbonyl (C=O) groups is 1. The van der Waals surface area contributed by atoms with Crippen LogP contribution in [0.2, 0.25) is 0 Å². The van der Waals surface area contributed by atoms with Crippen molar-refractivity contribution in [2.24, 2.45) is 5.73 Å². The summed E-state index contributed by atoms with van der Waals surface area (Å²) < 4.78 is 32.8. The van der Waals surface area contributed by atoms with E-state index in [-0.39, 0.29) is 22.0 Å². The summed E-state index contributed by atoms with van der Waals surface area (Å²) >= 11 is 1.19. The summed E-state index contributed by atoms with van der Waals surface area (Å²) in [6, 6.07) is 4.42. The Hall–Kier alpha value is -2.57. The standard InChI is InChI=1S/C18H23N5O5S2/c1-28-12-10-11(6-7-13(12)30(26,27)23-8-4-3-5-9-23)20-16-14(15(19)24)17(25)22-18(21-16)29-2/h6-7,10H,3-5,8-9H2,1-2H3,(H2,19,24)(H2,20,21,22,25). The number of piperidine rings is 1. The van der Waals surface area contributed by atoms with Gasteiger partial charge in [0.1, 0.15) is 16.2 Å². The summed E-state index contributed by atoms with van der Waals surface area (Å²) in [4.78, 5) is 30.6. The third kappa shape index (κ3) is 4.45. The quantitative estimate of drug-likeness (QED) is 0.422. The molecule has 4 N–H and O–H groups in total. The lowest BCUT2D eigenvalue weighted by Crippen LogP contribution is -2.35.